The van der Waals surface area contributed by atoms with Gasteiger partial charge in [0.15, 0.2) is 0 Å². The van der Waals surface area contributed by atoms with Gasteiger partial charge in [0, 0.05) is 45.4 Å². The zero-order valence-electron chi connectivity index (χ0n) is 32.4. The molecule has 9 aromatic carbocycles. The van der Waals surface area contributed by atoms with Crippen molar-refractivity contribution in [1.82, 2.24) is 9.55 Å². The summed E-state index contributed by atoms with van der Waals surface area (Å²) in [4.78, 5) is 9.88. The predicted octanol–water partition coefficient (Wildman–Crippen LogP) is 15.0. The van der Waals surface area contributed by atoms with Crippen molar-refractivity contribution < 1.29 is 0 Å². The second kappa shape index (κ2) is 15.9. The summed E-state index contributed by atoms with van der Waals surface area (Å²) in [6.07, 6.45) is 0. The number of fused-ring (bicyclic) bond motifs is 1. The number of hydrogen-bond acceptors (Lipinski definition) is 3. The zero-order valence-corrected chi connectivity index (χ0v) is 32.4. The largest absolute Gasteiger partial charge is 0.311 e. The maximum Gasteiger partial charge on any atom is 0.145 e. The third-order valence-corrected chi connectivity index (χ3v) is 10.7. The van der Waals surface area contributed by atoms with Crippen LogP contribution in [0.2, 0.25) is 0 Å². The summed E-state index contributed by atoms with van der Waals surface area (Å²) in [6.45, 7) is 0. The number of para-hydroxylation sites is 7. The number of imidazole rings is 1. The summed E-state index contributed by atoms with van der Waals surface area (Å²) in [5.41, 5.74) is 15.2. The molecule has 59 heavy (non-hydrogen) atoms. The Balaban J connectivity index is 1.11. The first-order valence-electron chi connectivity index (χ1n) is 20.0. The predicted molar refractivity (Wildman–Crippen MR) is 247 cm³/mol. The third kappa shape index (κ3) is 7.16. The molecule has 0 N–H and O–H groups in total. The molecule has 10 rings (SSSR count). The van der Waals surface area contributed by atoms with Crippen LogP contribution in [0, 0.1) is 0 Å². The van der Waals surface area contributed by atoms with E-state index in [0.717, 1.165) is 84.5 Å². The van der Waals surface area contributed by atoms with Gasteiger partial charge in [-0.25, -0.2) is 4.98 Å². The van der Waals surface area contributed by atoms with Gasteiger partial charge < -0.3 is 9.80 Å². The van der Waals surface area contributed by atoms with Gasteiger partial charge in [-0.15, -0.1) is 0 Å². The fourth-order valence-corrected chi connectivity index (χ4v) is 7.96. The first kappa shape index (κ1) is 35.5. The van der Waals surface area contributed by atoms with Crippen LogP contribution in [0.3, 0.4) is 0 Å². The van der Waals surface area contributed by atoms with Gasteiger partial charge in [0.25, 0.3) is 0 Å². The van der Waals surface area contributed by atoms with E-state index in [1.807, 2.05) is 0 Å². The minimum atomic E-state index is 0.896. The van der Waals surface area contributed by atoms with Crippen LogP contribution in [0.25, 0.3) is 50.4 Å². The van der Waals surface area contributed by atoms with Crippen LogP contribution in [0.5, 0.6) is 0 Å². The molecule has 0 spiro atoms. The second-order valence-electron chi connectivity index (χ2n) is 14.5. The van der Waals surface area contributed by atoms with Crippen molar-refractivity contribution in [3.63, 3.8) is 0 Å². The van der Waals surface area contributed by atoms with Crippen molar-refractivity contribution in [3.05, 3.63) is 243 Å². The minimum Gasteiger partial charge on any atom is -0.311 e. The number of nitrogens with zero attached hydrogens (tertiary/aromatic N) is 4. The van der Waals surface area contributed by atoms with Crippen molar-refractivity contribution >= 4 is 45.2 Å². The van der Waals surface area contributed by atoms with Crippen molar-refractivity contribution in [2.45, 2.75) is 0 Å². The number of hydrogen-bond donors (Lipinski definition) is 0. The van der Waals surface area contributed by atoms with Gasteiger partial charge in [0.05, 0.1) is 11.0 Å². The Bertz CT molecular complexity index is 2720. The summed E-state index contributed by atoms with van der Waals surface area (Å²) < 4.78 is 2.28. The van der Waals surface area contributed by atoms with Gasteiger partial charge >= 0.3 is 0 Å². The number of benzene rings is 9. The Morgan fingerprint density at radius 1 is 0.288 bits per heavy atom. The number of anilines is 6. The second-order valence-corrected chi connectivity index (χ2v) is 14.5. The lowest BCUT2D eigenvalue weighted by molar-refractivity contribution is 1.10. The maximum absolute atomic E-state index is 5.29. The molecule has 4 nitrogen and oxygen atoms in total. The van der Waals surface area contributed by atoms with Crippen LogP contribution in [-0.4, -0.2) is 9.55 Å². The first-order chi connectivity index (χ1) is 29.3. The highest BCUT2D eigenvalue weighted by molar-refractivity contribution is 5.88. The molecular formula is C55H40N4. The molecule has 0 amide bonds. The average Bonchev–Trinajstić information content (AvgIpc) is 3.71. The molecule has 0 radical (unpaired) electrons. The van der Waals surface area contributed by atoms with E-state index in [1.54, 1.807) is 0 Å². The Kier molecular flexibility index (Phi) is 9.55. The molecule has 1 heterocycles. The smallest absolute Gasteiger partial charge is 0.145 e. The van der Waals surface area contributed by atoms with Crippen LogP contribution in [0.15, 0.2) is 243 Å². The highest BCUT2D eigenvalue weighted by Gasteiger charge is 2.18. The normalized spacial score (nSPS) is 11.1. The van der Waals surface area contributed by atoms with Crippen LogP contribution >= 0.6 is 0 Å². The average molecular weight is 757 g/mol. The molecular weight excluding hydrogens is 717 g/mol. The Morgan fingerprint density at radius 3 is 1.05 bits per heavy atom. The van der Waals surface area contributed by atoms with Gasteiger partial charge in [0.1, 0.15) is 5.82 Å². The van der Waals surface area contributed by atoms with E-state index in [0.29, 0.717) is 0 Å². The Morgan fingerprint density at radius 2 is 0.627 bits per heavy atom. The molecule has 10 aromatic rings. The van der Waals surface area contributed by atoms with Crippen molar-refractivity contribution in [2.75, 3.05) is 9.80 Å². The number of rotatable bonds is 10. The van der Waals surface area contributed by atoms with Crippen molar-refractivity contribution in [1.29, 1.82) is 0 Å². The standard InChI is InChI=1S/C55H40N4/c1-6-18-46(19-7-1)57(47-20-8-2-9-21-47)51-34-30-41(31-35-51)43-38-44(40-45(39-43)55-56-53-28-16-17-29-54(53)59(55)50-26-14-5-15-27-50)42-32-36-52(37-33-42)58(48-22-10-3-11-23-48)49-24-12-4-13-25-49/h1-40H. The quantitative estimate of drug-likeness (QED) is 0.139. The van der Waals surface area contributed by atoms with Crippen LogP contribution in [0.1, 0.15) is 0 Å². The van der Waals surface area contributed by atoms with Crippen LogP contribution in [0.4, 0.5) is 34.1 Å². The molecule has 0 fully saturated rings. The van der Waals surface area contributed by atoms with E-state index in [4.69, 9.17) is 4.98 Å². The van der Waals surface area contributed by atoms with Gasteiger partial charge in [0.2, 0.25) is 0 Å². The lowest BCUT2D eigenvalue weighted by atomic mass is 9.95. The lowest BCUT2D eigenvalue weighted by Gasteiger charge is -2.25. The molecule has 0 saturated heterocycles. The first-order valence-corrected chi connectivity index (χ1v) is 20.0. The molecule has 0 aliphatic heterocycles. The van der Waals surface area contributed by atoms with E-state index in [9.17, 15) is 0 Å². The van der Waals surface area contributed by atoms with Gasteiger partial charge in [-0.3, -0.25) is 4.57 Å². The molecule has 0 aliphatic carbocycles. The fourth-order valence-electron chi connectivity index (χ4n) is 7.96. The van der Waals surface area contributed by atoms with Crippen molar-refractivity contribution in [2.24, 2.45) is 0 Å². The van der Waals surface area contributed by atoms with Gasteiger partial charge in [-0.1, -0.05) is 127 Å². The van der Waals surface area contributed by atoms with Crippen molar-refractivity contribution in [3.8, 4) is 39.3 Å². The SMILES string of the molecule is c1ccc(N(c2ccccc2)c2ccc(-c3cc(-c4ccc(N(c5ccccc5)c5ccccc5)cc4)cc(-c4nc5ccccc5n4-c4ccccc4)c3)cc2)cc1. The van der Waals surface area contributed by atoms with Gasteiger partial charge in [-0.05, 0) is 138 Å². The Hall–Kier alpha value is -7.95. The van der Waals surface area contributed by atoms with Gasteiger partial charge in [-0.2, -0.15) is 0 Å². The minimum absolute atomic E-state index is 0.896. The summed E-state index contributed by atoms with van der Waals surface area (Å²) in [5, 5.41) is 0. The molecule has 4 heteroatoms. The van der Waals surface area contributed by atoms with E-state index in [2.05, 4.69) is 257 Å². The van der Waals surface area contributed by atoms with Crippen LogP contribution < -0.4 is 9.80 Å². The molecule has 0 aliphatic rings. The summed E-state index contributed by atoms with van der Waals surface area (Å²) in [6, 6.07) is 85.7. The number of aromatic nitrogens is 2. The molecule has 0 atom stereocenters. The molecule has 280 valence electrons. The lowest BCUT2D eigenvalue weighted by Crippen LogP contribution is -2.09. The third-order valence-electron chi connectivity index (χ3n) is 10.7. The van der Waals surface area contributed by atoms with E-state index < -0.39 is 0 Å². The van der Waals surface area contributed by atoms with E-state index in [-0.39, 0.29) is 0 Å². The highest BCUT2D eigenvalue weighted by Crippen LogP contribution is 2.40. The molecule has 0 saturated carbocycles. The molecule has 0 bridgehead atoms. The fraction of sp³-hybridized carbons (Fsp3) is 0. The summed E-state index contributed by atoms with van der Waals surface area (Å²) in [5.74, 6) is 0.896. The topological polar surface area (TPSA) is 24.3 Å². The van der Waals surface area contributed by atoms with E-state index >= 15 is 0 Å². The monoisotopic (exact) mass is 756 g/mol. The maximum atomic E-state index is 5.29. The Labute approximate surface area is 345 Å². The molecule has 0 unspecified atom stereocenters. The van der Waals surface area contributed by atoms with E-state index in [1.165, 1.54) is 0 Å². The highest BCUT2D eigenvalue weighted by atomic mass is 15.1. The molecule has 1 aromatic heterocycles. The summed E-state index contributed by atoms with van der Waals surface area (Å²) >= 11 is 0. The zero-order chi connectivity index (χ0) is 39.4. The summed E-state index contributed by atoms with van der Waals surface area (Å²) in [7, 11) is 0. The van der Waals surface area contributed by atoms with Crippen LogP contribution in [-0.2, 0) is 0 Å².